The summed E-state index contributed by atoms with van der Waals surface area (Å²) in [6.45, 7) is 5.05. The van der Waals surface area contributed by atoms with Gasteiger partial charge in [0.05, 0.1) is 0 Å². The zero-order valence-corrected chi connectivity index (χ0v) is 16.1. The van der Waals surface area contributed by atoms with Crippen LogP contribution in [0.3, 0.4) is 0 Å². The molecule has 1 amide bonds. The van der Waals surface area contributed by atoms with Gasteiger partial charge in [0.2, 0.25) is 5.91 Å². The summed E-state index contributed by atoms with van der Waals surface area (Å²) in [5.74, 6) is 0.331. The molecule has 2 aliphatic rings. The molecule has 1 aromatic carbocycles. The van der Waals surface area contributed by atoms with Crippen LogP contribution in [0.25, 0.3) is 0 Å². The van der Waals surface area contributed by atoms with E-state index in [-0.39, 0.29) is 17.9 Å². The molecule has 1 saturated carbocycles. The smallest absolute Gasteiger partial charge is 0.223 e. The molecule has 1 saturated heterocycles. The summed E-state index contributed by atoms with van der Waals surface area (Å²) in [6, 6.07) is 11.4. The highest BCUT2D eigenvalue weighted by Crippen LogP contribution is 2.25. The minimum absolute atomic E-state index is 0.124. The number of nitrogens with zero attached hydrogens (tertiary/aromatic N) is 2. The predicted molar refractivity (Wildman–Crippen MR) is 106 cm³/mol. The molecule has 1 heterocycles. The lowest BCUT2D eigenvalue weighted by atomic mass is 9.85. The van der Waals surface area contributed by atoms with Gasteiger partial charge in [0.1, 0.15) is 0 Å². The van der Waals surface area contributed by atoms with E-state index in [2.05, 4.69) is 52.5 Å². The molecule has 3 atom stereocenters. The van der Waals surface area contributed by atoms with Gasteiger partial charge in [0, 0.05) is 50.7 Å². The summed E-state index contributed by atoms with van der Waals surface area (Å²) < 4.78 is 0. The van der Waals surface area contributed by atoms with Crippen molar-refractivity contribution in [2.45, 2.75) is 44.2 Å². The molecule has 1 aliphatic carbocycles. The molecule has 0 bridgehead atoms. The van der Waals surface area contributed by atoms with Gasteiger partial charge >= 0.3 is 0 Å². The number of carbonyl (C=O) groups is 1. The fourth-order valence-corrected chi connectivity index (χ4v) is 4.32. The van der Waals surface area contributed by atoms with Gasteiger partial charge in [-0.25, -0.2) is 0 Å². The SMILES string of the molecule is CN1CCN(CCCNC(=O)C2CCCC(N)C2)C(c2ccccc2)C1. The third-order valence-electron chi connectivity index (χ3n) is 5.89. The van der Waals surface area contributed by atoms with E-state index in [4.69, 9.17) is 5.73 Å². The van der Waals surface area contributed by atoms with Crippen LogP contribution in [0.15, 0.2) is 30.3 Å². The first-order valence-electron chi connectivity index (χ1n) is 10.1. The summed E-state index contributed by atoms with van der Waals surface area (Å²) in [5.41, 5.74) is 7.39. The molecular formula is C21H34N4O. The topological polar surface area (TPSA) is 61.6 Å². The molecule has 3 unspecified atom stereocenters. The van der Waals surface area contributed by atoms with E-state index in [1.54, 1.807) is 0 Å². The van der Waals surface area contributed by atoms with Crippen LogP contribution >= 0.6 is 0 Å². The third kappa shape index (κ3) is 5.29. The maximum atomic E-state index is 12.3. The molecule has 5 heteroatoms. The maximum absolute atomic E-state index is 12.3. The Morgan fingerprint density at radius 1 is 1.23 bits per heavy atom. The fraction of sp³-hybridized carbons (Fsp3) is 0.667. The van der Waals surface area contributed by atoms with Crippen molar-refractivity contribution >= 4 is 5.91 Å². The Morgan fingerprint density at radius 3 is 2.81 bits per heavy atom. The lowest BCUT2D eigenvalue weighted by Crippen LogP contribution is -2.47. The molecule has 144 valence electrons. The number of benzene rings is 1. The van der Waals surface area contributed by atoms with E-state index >= 15 is 0 Å². The van der Waals surface area contributed by atoms with Crippen molar-refractivity contribution in [3.8, 4) is 0 Å². The Bertz CT molecular complexity index is 564. The van der Waals surface area contributed by atoms with Crippen molar-refractivity contribution in [2.24, 2.45) is 11.7 Å². The number of nitrogens with two attached hydrogens (primary N) is 1. The minimum atomic E-state index is 0.124. The van der Waals surface area contributed by atoms with Crippen LogP contribution < -0.4 is 11.1 Å². The van der Waals surface area contributed by atoms with E-state index in [0.29, 0.717) is 6.04 Å². The van der Waals surface area contributed by atoms with Crippen LogP contribution in [0, 0.1) is 5.92 Å². The average Bonchev–Trinajstić information content (AvgIpc) is 2.66. The Morgan fingerprint density at radius 2 is 2.04 bits per heavy atom. The Labute approximate surface area is 157 Å². The van der Waals surface area contributed by atoms with Crippen LogP contribution in [0.2, 0.25) is 0 Å². The molecule has 3 N–H and O–H groups in total. The molecule has 5 nitrogen and oxygen atoms in total. The number of likely N-dealkylation sites (N-methyl/N-ethyl adjacent to an activating group) is 1. The second kappa shape index (κ2) is 9.49. The number of carbonyl (C=O) groups excluding carboxylic acids is 1. The highest BCUT2D eigenvalue weighted by atomic mass is 16.1. The van der Waals surface area contributed by atoms with Gasteiger partial charge < -0.3 is 16.0 Å². The second-order valence-corrected chi connectivity index (χ2v) is 7.99. The molecule has 26 heavy (non-hydrogen) atoms. The van der Waals surface area contributed by atoms with E-state index in [1.165, 1.54) is 5.56 Å². The van der Waals surface area contributed by atoms with Crippen LogP contribution in [0.4, 0.5) is 0 Å². The first kappa shape index (κ1) is 19.3. The normalized spacial score (nSPS) is 28.0. The quantitative estimate of drug-likeness (QED) is 0.764. The zero-order valence-electron chi connectivity index (χ0n) is 16.1. The van der Waals surface area contributed by atoms with Crippen molar-refractivity contribution in [3.05, 3.63) is 35.9 Å². The number of piperazine rings is 1. The summed E-state index contributed by atoms with van der Waals surface area (Å²) >= 11 is 0. The number of hydrogen-bond acceptors (Lipinski definition) is 4. The summed E-state index contributed by atoms with van der Waals surface area (Å²) in [5, 5.41) is 3.14. The first-order valence-corrected chi connectivity index (χ1v) is 10.1. The molecule has 0 aromatic heterocycles. The third-order valence-corrected chi connectivity index (χ3v) is 5.89. The van der Waals surface area contributed by atoms with E-state index < -0.39 is 0 Å². The molecule has 1 aromatic rings. The Hall–Kier alpha value is -1.43. The van der Waals surface area contributed by atoms with Gasteiger partial charge in [-0.15, -0.1) is 0 Å². The molecule has 0 radical (unpaired) electrons. The highest BCUT2D eigenvalue weighted by Gasteiger charge is 2.27. The van der Waals surface area contributed by atoms with Crippen LogP contribution in [0.1, 0.15) is 43.7 Å². The Balaban J connectivity index is 1.45. The lowest BCUT2D eigenvalue weighted by molar-refractivity contribution is -0.126. The standard InChI is InChI=1S/C21H34N4O/c1-24-13-14-25(20(16-24)17-7-3-2-4-8-17)12-6-11-23-21(26)18-9-5-10-19(22)15-18/h2-4,7-8,18-20H,5-6,9-16,22H2,1H3,(H,23,26). The minimum Gasteiger partial charge on any atom is -0.356 e. The van der Waals surface area contributed by atoms with Crippen molar-refractivity contribution < 1.29 is 4.79 Å². The highest BCUT2D eigenvalue weighted by molar-refractivity contribution is 5.78. The van der Waals surface area contributed by atoms with Crippen molar-refractivity contribution in [2.75, 3.05) is 39.8 Å². The van der Waals surface area contributed by atoms with Crippen LogP contribution in [-0.4, -0.2) is 61.5 Å². The summed E-state index contributed by atoms with van der Waals surface area (Å²) in [4.78, 5) is 17.3. The maximum Gasteiger partial charge on any atom is 0.223 e. The van der Waals surface area contributed by atoms with Gasteiger partial charge in [0.25, 0.3) is 0 Å². The number of hydrogen-bond donors (Lipinski definition) is 2. The number of nitrogens with one attached hydrogen (secondary N) is 1. The molecule has 2 fully saturated rings. The number of rotatable bonds is 6. The monoisotopic (exact) mass is 358 g/mol. The van der Waals surface area contributed by atoms with Gasteiger partial charge in [-0.3, -0.25) is 9.69 Å². The van der Waals surface area contributed by atoms with Gasteiger partial charge in [-0.2, -0.15) is 0 Å². The van der Waals surface area contributed by atoms with Crippen LogP contribution in [0.5, 0.6) is 0 Å². The van der Waals surface area contributed by atoms with E-state index in [0.717, 1.165) is 64.8 Å². The molecule has 0 spiro atoms. The Kier molecular flexibility index (Phi) is 7.06. The lowest BCUT2D eigenvalue weighted by Gasteiger charge is -2.40. The fourth-order valence-electron chi connectivity index (χ4n) is 4.32. The van der Waals surface area contributed by atoms with E-state index in [1.807, 2.05) is 0 Å². The van der Waals surface area contributed by atoms with Crippen molar-refractivity contribution in [3.63, 3.8) is 0 Å². The number of amides is 1. The largest absolute Gasteiger partial charge is 0.356 e. The molecular weight excluding hydrogens is 324 g/mol. The molecule has 3 rings (SSSR count). The van der Waals surface area contributed by atoms with Gasteiger partial charge in [-0.1, -0.05) is 36.8 Å². The predicted octanol–water partition coefficient (Wildman–Crippen LogP) is 2.00. The first-order chi connectivity index (χ1) is 12.6. The van der Waals surface area contributed by atoms with Crippen LogP contribution in [-0.2, 0) is 4.79 Å². The van der Waals surface area contributed by atoms with Crippen molar-refractivity contribution in [1.29, 1.82) is 0 Å². The average molecular weight is 359 g/mol. The van der Waals surface area contributed by atoms with Gasteiger partial charge in [-0.05, 0) is 38.3 Å². The molecule has 1 aliphatic heterocycles. The van der Waals surface area contributed by atoms with E-state index in [9.17, 15) is 4.79 Å². The second-order valence-electron chi connectivity index (χ2n) is 7.99. The summed E-state index contributed by atoms with van der Waals surface area (Å²) in [7, 11) is 2.20. The summed E-state index contributed by atoms with van der Waals surface area (Å²) in [6.07, 6.45) is 4.99. The van der Waals surface area contributed by atoms with Gasteiger partial charge in [0.15, 0.2) is 0 Å². The zero-order chi connectivity index (χ0) is 18.4. The van der Waals surface area contributed by atoms with Crippen molar-refractivity contribution in [1.82, 2.24) is 15.1 Å².